The number of hydrogen-bond donors (Lipinski definition) is 0. The fourth-order valence-corrected chi connectivity index (χ4v) is 17.9. The van der Waals surface area contributed by atoms with Gasteiger partial charge in [0.15, 0.2) is 0 Å². The normalized spacial score (nSPS) is 11.8. The van der Waals surface area contributed by atoms with Crippen LogP contribution in [0, 0.1) is 36.4 Å². The third-order valence-electron chi connectivity index (χ3n) is 23.7. The minimum Gasteiger partial charge on any atom is -0.513 e. The summed E-state index contributed by atoms with van der Waals surface area (Å²) >= 11 is 0. The summed E-state index contributed by atoms with van der Waals surface area (Å²) in [6, 6.07) is 135. The molecule has 21 nitrogen and oxygen atoms in total. The number of rotatable bonds is 14. The van der Waals surface area contributed by atoms with Gasteiger partial charge in [0, 0.05) is 104 Å². The average Bonchev–Trinajstić information content (AvgIpc) is 1.65. The summed E-state index contributed by atoms with van der Waals surface area (Å²) in [5, 5.41) is 28.1. The van der Waals surface area contributed by atoms with Gasteiger partial charge in [-0.2, -0.15) is 44.7 Å². The minimum atomic E-state index is 0. The molecule has 0 N–H and O–H groups in total. The number of aromatic nitrogens is 15. The second-order valence-corrected chi connectivity index (χ2v) is 31.5. The van der Waals surface area contributed by atoms with Gasteiger partial charge in [0.1, 0.15) is 17.1 Å². The quantitative estimate of drug-likeness (QED) is 0.0942. The zero-order valence-electron chi connectivity index (χ0n) is 70.9. The minimum absolute atomic E-state index is 0. The van der Waals surface area contributed by atoms with E-state index < -0.39 is 0 Å². The van der Waals surface area contributed by atoms with E-state index in [2.05, 4.69) is 249 Å². The number of benzene rings is 14. The van der Waals surface area contributed by atoms with Crippen molar-refractivity contribution in [2.24, 2.45) is 0 Å². The Balaban J connectivity index is 0.000000116. The monoisotopic (exact) mass is 2290 g/mol. The van der Waals surface area contributed by atoms with Crippen LogP contribution in [0.5, 0.6) is 46.3 Å². The van der Waals surface area contributed by atoms with E-state index in [4.69, 9.17) is 39.2 Å². The van der Waals surface area contributed by atoms with E-state index in [0.29, 0.717) is 40.4 Å². The van der Waals surface area contributed by atoms with Crippen molar-refractivity contribution in [2.45, 2.75) is 0 Å². The van der Waals surface area contributed by atoms with Crippen LogP contribution in [0.2, 0.25) is 0 Å². The molecular formula is C111H67N17O4Pt3. The molecule has 2 aliphatic rings. The van der Waals surface area contributed by atoms with Crippen molar-refractivity contribution < 1.29 is 82.1 Å². The van der Waals surface area contributed by atoms with Crippen molar-refractivity contribution in [3.8, 4) is 91.8 Å². The second-order valence-electron chi connectivity index (χ2n) is 31.5. The molecule has 0 aliphatic carbocycles. The summed E-state index contributed by atoms with van der Waals surface area (Å²) in [6.07, 6.45) is 20.7. The maximum absolute atomic E-state index is 6.34. The van der Waals surface area contributed by atoms with Crippen molar-refractivity contribution >= 4 is 121 Å². The van der Waals surface area contributed by atoms with E-state index in [9.17, 15) is 0 Å². The van der Waals surface area contributed by atoms with Crippen molar-refractivity contribution in [3.05, 3.63) is 444 Å². The van der Waals surface area contributed by atoms with Gasteiger partial charge >= 0.3 is 63.2 Å². The number of ether oxygens (including phenoxy) is 4. The molecule has 27 rings (SSSR count). The molecule has 0 fully saturated rings. The Morgan fingerprint density at radius 3 is 1.19 bits per heavy atom. The molecule has 0 saturated heterocycles. The topological polar surface area (TPSA) is 173 Å². The Kier molecular flexibility index (Phi) is 22.2. The predicted octanol–water partition coefficient (Wildman–Crippen LogP) is 25.9. The third kappa shape index (κ3) is 15.1. The molecule has 25 aromatic rings. The summed E-state index contributed by atoms with van der Waals surface area (Å²) in [5.41, 5.74) is 20.4. The van der Waals surface area contributed by atoms with Crippen LogP contribution in [0.3, 0.4) is 0 Å². The molecule has 0 spiro atoms. The first kappa shape index (κ1) is 84.0. The number of pyridine rings is 3. The van der Waals surface area contributed by atoms with Crippen LogP contribution in [0.15, 0.2) is 408 Å². The second kappa shape index (κ2) is 35.6. The van der Waals surface area contributed by atoms with E-state index in [1.807, 2.05) is 238 Å². The molecule has 13 heterocycles. The summed E-state index contributed by atoms with van der Waals surface area (Å²) in [4.78, 5) is 17.5. The van der Waals surface area contributed by atoms with E-state index >= 15 is 0 Å². The van der Waals surface area contributed by atoms with Gasteiger partial charge in [0.05, 0.1) is 93.2 Å². The van der Waals surface area contributed by atoms with Crippen LogP contribution in [-0.4, -0.2) is 72.3 Å². The standard InChI is InChI=1S/2C38H23N5O2.C35H21N7.3Pt/c1-3-14-32-30(12-1)31-13-2-4-15-33(31)43(32)28-24-40-41(25-28)26-19-20-37-35(23-26)42(34-16-5-6-17-36(34)45-37)27-10-9-11-29(22-27)44-38-18-7-8-21-39-38;1-3-14-32-30(12-1)31-13-2-4-15-33(31)43(32)28-24-40-41(25-28)26-10-9-11-27(22-26)42-34-16-5-6-17-36(34)45-37-20-19-29(23-35(37)42)44-38-18-7-8-21-39-38;1-3-13-32-28(10-1)30-16-15-25(21-34(30)41(32)26-9-5-8-24(20-26)39-19-7-18-37-39)40-23-27(22-38-40)42-33-14-4-2-11-29(33)31-12-6-17-36-35(31)42;;;/h2*1-21,24-25H;1-19,22-23H;;;/q3*-2;3*+2. The Bertz CT molecular complexity index is 8570. The molecule has 11 aromatic heterocycles. The molecule has 0 saturated carbocycles. The fraction of sp³-hybridized carbons (Fsp3) is 0. The number of fused-ring (bicyclic) bond motifs is 16. The van der Waals surface area contributed by atoms with Crippen LogP contribution < -0.4 is 28.7 Å². The predicted molar refractivity (Wildman–Crippen MR) is 514 cm³/mol. The molecule has 24 heteroatoms. The van der Waals surface area contributed by atoms with Gasteiger partial charge in [-0.3, -0.25) is 23.3 Å². The van der Waals surface area contributed by atoms with E-state index in [1.54, 1.807) is 18.6 Å². The maximum Gasteiger partial charge on any atom is 2.00 e. The molecule has 0 atom stereocenters. The average molecular weight is 2290 g/mol. The molecular weight excluding hydrogens is 2220 g/mol. The zero-order chi connectivity index (χ0) is 87.1. The van der Waals surface area contributed by atoms with Gasteiger partial charge in [0.2, 0.25) is 11.8 Å². The van der Waals surface area contributed by atoms with E-state index in [0.717, 1.165) is 146 Å². The molecule has 2 aliphatic heterocycles. The Morgan fingerprint density at radius 2 is 0.644 bits per heavy atom. The van der Waals surface area contributed by atoms with E-state index in [-0.39, 0.29) is 63.2 Å². The largest absolute Gasteiger partial charge is 2.00 e. The molecule has 135 heavy (non-hydrogen) atoms. The van der Waals surface area contributed by atoms with E-state index in [1.165, 1.54) is 26.9 Å². The smallest absolute Gasteiger partial charge is 0.513 e. The Morgan fingerprint density at radius 1 is 0.244 bits per heavy atom. The zero-order valence-corrected chi connectivity index (χ0v) is 77.7. The van der Waals surface area contributed by atoms with Gasteiger partial charge in [-0.1, -0.05) is 168 Å². The SMILES string of the molecule is [Pt+2].[Pt+2].[Pt+2].[c-]1c(-n2cccn2)cccc1-n1c2[c-]c(-n3cc(-n4c5ccccc5c5cccnc54)cn3)ccc2c2ccccc21.[c-]1c(N2c3[c-]c(Oc4ccccn4)ccc3Oc3ccccc32)cccc1-n1cc(-n2c3ccccc3c3ccccc32)cn1.[c-]1c(Oc2ccccn2)cccc1N1c2[c-]c(-n3cc(-n4c5ccccc5c5ccccc54)cn3)ccc2Oc2ccccc21. The third-order valence-corrected chi connectivity index (χ3v) is 23.7. The van der Waals surface area contributed by atoms with Gasteiger partial charge in [-0.15, -0.1) is 109 Å². The molecule has 14 aromatic carbocycles. The van der Waals surface area contributed by atoms with Crippen LogP contribution in [0.25, 0.3) is 133 Å². The van der Waals surface area contributed by atoms with Crippen LogP contribution >= 0.6 is 0 Å². The van der Waals surface area contributed by atoms with Crippen molar-refractivity contribution in [1.82, 2.24) is 72.3 Å². The number of para-hydroxylation sites is 10. The molecule has 0 unspecified atom stereocenters. The fourth-order valence-electron chi connectivity index (χ4n) is 17.9. The van der Waals surface area contributed by atoms with Gasteiger partial charge in [0.25, 0.3) is 0 Å². The molecule has 650 valence electrons. The van der Waals surface area contributed by atoms with Crippen molar-refractivity contribution in [2.75, 3.05) is 9.80 Å². The molecule has 0 bridgehead atoms. The number of nitrogens with zero attached hydrogens (tertiary/aromatic N) is 17. The first-order valence-electron chi connectivity index (χ1n) is 42.9. The van der Waals surface area contributed by atoms with Gasteiger partial charge in [-0.25, -0.2) is 15.0 Å². The van der Waals surface area contributed by atoms with Crippen LogP contribution in [0.4, 0.5) is 34.1 Å². The van der Waals surface area contributed by atoms with Gasteiger partial charge < -0.3 is 42.4 Å². The van der Waals surface area contributed by atoms with Crippen molar-refractivity contribution in [3.63, 3.8) is 0 Å². The molecule has 0 amide bonds. The number of anilines is 6. The number of hydrogen-bond acceptors (Lipinski definition) is 13. The maximum atomic E-state index is 6.34. The van der Waals surface area contributed by atoms with Gasteiger partial charge in [-0.05, 0) is 131 Å². The Hall–Kier alpha value is -16.6. The summed E-state index contributed by atoms with van der Waals surface area (Å²) in [6.45, 7) is 0. The molecule has 0 radical (unpaired) electrons. The summed E-state index contributed by atoms with van der Waals surface area (Å²) < 4.78 is 41.0. The summed E-state index contributed by atoms with van der Waals surface area (Å²) in [7, 11) is 0. The summed E-state index contributed by atoms with van der Waals surface area (Å²) in [5.74, 6) is 4.89. The first-order valence-corrected chi connectivity index (χ1v) is 42.9. The van der Waals surface area contributed by atoms with Crippen LogP contribution in [-0.2, 0) is 63.2 Å². The van der Waals surface area contributed by atoms with Crippen molar-refractivity contribution in [1.29, 1.82) is 0 Å². The Labute approximate surface area is 815 Å². The first-order chi connectivity index (χ1) is 65.4. The van der Waals surface area contributed by atoms with Crippen LogP contribution in [0.1, 0.15) is 0 Å².